The maximum atomic E-state index is 12.4. The highest BCUT2D eigenvalue weighted by molar-refractivity contribution is 7.10. The Morgan fingerprint density at radius 2 is 2.35 bits per heavy atom. The number of carbonyl (C=O) groups is 2. The van der Waals surface area contributed by atoms with Crippen molar-refractivity contribution in [3.05, 3.63) is 21.9 Å². The average molecular weight is 294 g/mol. The Bertz CT molecular complexity index is 522. The van der Waals surface area contributed by atoms with Crippen molar-refractivity contribution in [2.75, 3.05) is 19.6 Å². The highest BCUT2D eigenvalue weighted by atomic mass is 32.1. The quantitative estimate of drug-likeness (QED) is 0.880. The van der Waals surface area contributed by atoms with Gasteiger partial charge >= 0.3 is 5.97 Å². The molecule has 2 unspecified atom stereocenters. The molecular weight excluding hydrogens is 276 g/mol. The van der Waals surface area contributed by atoms with Crippen molar-refractivity contribution in [2.24, 2.45) is 5.92 Å². The number of amides is 1. The summed E-state index contributed by atoms with van der Waals surface area (Å²) in [6.45, 7) is 2.33. The molecule has 0 spiro atoms. The summed E-state index contributed by atoms with van der Waals surface area (Å²) >= 11 is 1.58. The van der Waals surface area contributed by atoms with E-state index in [1.165, 1.54) is 0 Å². The molecule has 1 aromatic rings. The predicted octanol–water partition coefficient (Wildman–Crippen LogP) is 1.26. The van der Waals surface area contributed by atoms with Gasteiger partial charge in [0.15, 0.2) is 6.04 Å². The van der Waals surface area contributed by atoms with Crippen LogP contribution in [0.5, 0.6) is 0 Å². The summed E-state index contributed by atoms with van der Waals surface area (Å²) in [5.74, 6) is -0.606. The van der Waals surface area contributed by atoms with Crippen LogP contribution < -0.4 is 5.32 Å². The zero-order valence-electron chi connectivity index (χ0n) is 11.2. The lowest BCUT2D eigenvalue weighted by atomic mass is 9.97. The molecule has 3 rings (SSSR count). The number of aliphatic carboxylic acids is 1. The second-order valence-electron chi connectivity index (χ2n) is 5.44. The number of hydrogen-bond acceptors (Lipinski definition) is 4. The molecule has 2 atom stereocenters. The van der Waals surface area contributed by atoms with E-state index in [4.69, 9.17) is 0 Å². The Hall–Kier alpha value is -1.40. The number of fused-ring (bicyclic) bond motifs is 1. The first-order valence-corrected chi connectivity index (χ1v) is 7.84. The molecular formula is C14H18N2O3S. The summed E-state index contributed by atoms with van der Waals surface area (Å²) < 4.78 is 0. The molecule has 108 valence electrons. The maximum absolute atomic E-state index is 12.4. The first kappa shape index (κ1) is 13.6. The van der Waals surface area contributed by atoms with Gasteiger partial charge in [0.1, 0.15) is 0 Å². The van der Waals surface area contributed by atoms with Crippen LogP contribution in [0.25, 0.3) is 0 Å². The first-order chi connectivity index (χ1) is 9.66. The molecule has 2 aliphatic rings. The van der Waals surface area contributed by atoms with Gasteiger partial charge in [0.05, 0.1) is 0 Å². The maximum Gasteiger partial charge on any atom is 0.331 e. The highest BCUT2D eigenvalue weighted by Crippen LogP contribution is 2.34. The van der Waals surface area contributed by atoms with Gasteiger partial charge in [0.2, 0.25) is 5.91 Å². The average Bonchev–Trinajstić information content (AvgIpc) is 3.06. The Labute approximate surface area is 121 Å². The molecule has 2 aliphatic heterocycles. The number of carboxylic acids is 1. The van der Waals surface area contributed by atoms with E-state index in [9.17, 15) is 14.7 Å². The largest absolute Gasteiger partial charge is 0.479 e. The predicted molar refractivity (Wildman–Crippen MR) is 75.7 cm³/mol. The molecule has 20 heavy (non-hydrogen) atoms. The van der Waals surface area contributed by atoms with Crippen molar-refractivity contribution >= 4 is 23.2 Å². The number of thiophene rings is 1. The van der Waals surface area contributed by atoms with Crippen LogP contribution in [0.4, 0.5) is 0 Å². The lowest BCUT2D eigenvalue weighted by Crippen LogP contribution is -2.43. The monoisotopic (exact) mass is 294 g/mol. The Morgan fingerprint density at radius 1 is 1.50 bits per heavy atom. The molecule has 1 fully saturated rings. The molecule has 0 aromatic carbocycles. The van der Waals surface area contributed by atoms with Gasteiger partial charge in [0, 0.05) is 17.8 Å². The minimum absolute atomic E-state index is 0.0250. The van der Waals surface area contributed by atoms with E-state index in [1.807, 2.05) is 11.4 Å². The fraction of sp³-hybridized carbons (Fsp3) is 0.571. The number of carboxylic acid groups (broad SMARTS) is 1. The van der Waals surface area contributed by atoms with Crippen LogP contribution >= 0.6 is 11.3 Å². The summed E-state index contributed by atoms with van der Waals surface area (Å²) in [4.78, 5) is 26.7. The summed E-state index contributed by atoms with van der Waals surface area (Å²) in [5.41, 5.74) is 0.798. The number of rotatable bonds is 3. The van der Waals surface area contributed by atoms with Crippen LogP contribution in [0, 0.1) is 5.92 Å². The molecule has 0 aliphatic carbocycles. The van der Waals surface area contributed by atoms with Crippen LogP contribution in [-0.2, 0) is 16.0 Å². The molecule has 1 saturated heterocycles. The summed E-state index contributed by atoms with van der Waals surface area (Å²) in [6, 6.07) is 1.04. The zero-order chi connectivity index (χ0) is 14.1. The van der Waals surface area contributed by atoms with Crippen LogP contribution in [0.15, 0.2) is 11.4 Å². The molecule has 1 aromatic heterocycles. The van der Waals surface area contributed by atoms with E-state index >= 15 is 0 Å². The number of nitrogens with zero attached hydrogens (tertiary/aromatic N) is 1. The van der Waals surface area contributed by atoms with Crippen molar-refractivity contribution in [1.82, 2.24) is 10.2 Å². The van der Waals surface area contributed by atoms with Crippen molar-refractivity contribution in [3.8, 4) is 0 Å². The molecule has 0 bridgehead atoms. The minimum Gasteiger partial charge on any atom is -0.479 e. The third kappa shape index (κ3) is 2.45. The van der Waals surface area contributed by atoms with E-state index < -0.39 is 12.0 Å². The second kappa shape index (κ2) is 5.54. The first-order valence-electron chi connectivity index (χ1n) is 6.96. The fourth-order valence-electron chi connectivity index (χ4n) is 3.10. The van der Waals surface area contributed by atoms with Gasteiger partial charge in [-0.25, -0.2) is 4.79 Å². The topological polar surface area (TPSA) is 69.6 Å². The number of hydrogen-bond donors (Lipinski definition) is 2. The van der Waals surface area contributed by atoms with Crippen LogP contribution in [0.1, 0.15) is 29.3 Å². The standard InChI is InChI=1S/C14H18N2O3S/c17-12(7-9-1-4-15-8-9)16-5-2-11-10(3-6-20-11)13(16)14(18)19/h3,6,9,13,15H,1-2,4-5,7-8H2,(H,18,19). The fourth-order valence-corrected chi connectivity index (χ4v) is 4.01. The van der Waals surface area contributed by atoms with E-state index in [-0.39, 0.29) is 5.91 Å². The summed E-state index contributed by atoms with van der Waals surface area (Å²) in [5, 5.41) is 14.6. The summed E-state index contributed by atoms with van der Waals surface area (Å²) in [7, 11) is 0. The number of nitrogens with one attached hydrogen (secondary N) is 1. The van der Waals surface area contributed by atoms with Gasteiger partial charge in [-0.2, -0.15) is 0 Å². The second-order valence-corrected chi connectivity index (χ2v) is 6.44. The zero-order valence-corrected chi connectivity index (χ0v) is 12.0. The normalized spacial score (nSPS) is 25.5. The number of carbonyl (C=O) groups excluding carboxylic acids is 1. The van der Waals surface area contributed by atoms with Crippen LogP contribution in [-0.4, -0.2) is 41.5 Å². The Balaban J connectivity index is 1.78. The van der Waals surface area contributed by atoms with Crippen molar-refractivity contribution in [2.45, 2.75) is 25.3 Å². The van der Waals surface area contributed by atoms with Gasteiger partial charge in [-0.05, 0) is 48.9 Å². The third-order valence-electron chi connectivity index (χ3n) is 4.15. The van der Waals surface area contributed by atoms with Gasteiger partial charge in [-0.15, -0.1) is 11.3 Å². The van der Waals surface area contributed by atoms with Crippen molar-refractivity contribution in [3.63, 3.8) is 0 Å². The van der Waals surface area contributed by atoms with Crippen molar-refractivity contribution in [1.29, 1.82) is 0 Å². The lowest BCUT2D eigenvalue weighted by Gasteiger charge is -2.33. The smallest absolute Gasteiger partial charge is 0.331 e. The molecule has 0 saturated carbocycles. The van der Waals surface area contributed by atoms with Gasteiger partial charge in [-0.1, -0.05) is 0 Å². The molecule has 6 heteroatoms. The lowest BCUT2D eigenvalue weighted by molar-refractivity contribution is -0.151. The summed E-state index contributed by atoms with van der Waals surface area (Å²) in [6.07, 6.45) is 2.22. The van der Waals surface area contributed by atoms with E-state index in [1.54, 1.807) is 16.2 Å². The van der Waals surface area contributed by atoms with Gasteiger partial charge in [0.25, 0.3) is 0 Å². The Morgan fingerprint density at radius 3 is 3.05 bits per heavy atom. The van der Waals surface area contributed by atoms with Crippen LogP contribution in [0.3, 0.4) is 0 Å². The van der Waals surface area contributed by atoms with Gasteiger partial charge in [-0.3, -0.25) is 4.79 Å². The molecule has 3 heterocycles. The SMILES string of the molecule is O=C(O)C1c2ccsc2CCN1C(=O)CC1CCNC1. The van der Waals surface area contributed by atoms with E-state index in [0.29, 0.717) is 18.9 Å². The van der Waals surface area contributed by atoms with Gasteiger partial charge < -0.3 is 15.3 Å². The molecule has 5 nitrogen and oxygen atoms in total. The van der Waals surface area contributed by atoms with Crippen LogP contribution in [0.2, 0.25) is 0 Å². The molecule has 0 radical (unpaired) electrons. The van der Waals surface area contributed by atoms with E-state index in [0.717, 1.165) is 36.4 Å². The third-order valence-corrected chi connectivity index (χ3v) is 5.14. The Kier molecular flexibility index (Phi) is 3.76. The molecule has 2 N–H and O–H groups in total. The van der Waals surface area contributed by atoms with E-state index in [2.05, 4.69) is 5.32 Å². The molecule has 1 amide bonds. The highest BCUT2D eigenvalue weighted by Gasteiger charge is 2.37. The minimum atomic E-state index is -0.928. The van der Waals surface area contributed by atoms with Crippen molar-refractivity contribution < 1.29 is 14.7 Å².